The molecule has 0 bridgehead atoms. The Kier molecular flexibility index (Phi) is 7.62. The van der Waals surface area contributed by atoms with Crippen LogP contribution >= 0.6 is 11.6 Å². The molecule has 2 aliphatic carbocycles. The number of halogens is 1. The fourth-order valence-electron chi connectivity index (χ4n) is 6.52. The first kappa shape index (κ1) is 23.8. The van der Waals surface area contributed by atoms with E-state index in [1.165, 1.54) is 0 Å². The zero-order chi connectivity index (χ0) is 22.8. The minimum atomic E-state index is -0.182. The van der Waals surface area contributed by atoms with E-state index in [1.54, 1.807) is 0 Å². The maximum Gasteiger partial charge on any atom is 0.237 e. The van der Waals surface area contributed by atoms with Crippen molar-refractivity contribution in [1.82, 2.24) is 15.5 Å². The van der Waals surface area contributed by atoms with Crippen LogP contribution in [0.2, 0.25) is 0 Å². The summed E-state index contributed by atoms with van der Waals surface area (Å²) in [6, 6.07) is 0.301. The van der Waals surface area contributed by atoms with Crippen molar-refractivity contribution in [2.75, 3.05) is 13.1 Å². The Morgan fingerprint density at radius 1 is 1.00 bits per heavy atom. The summed E-state index contributed by atoms with van der Waals surface area (Å²) in [7, 11) is 0. The van der Waals surface area contributed by atoms with Gasteiger partial charge in [0, 0.05) is 37.0 Å². The van der Waals surface area contributed by atoms with E-state index in [1.807, 2.05) is 0 Å². The Hall–Kier alpha value is -1.38. The van der Waals surface area contributed by atoms with Gasteiger partial charge in [-0.05, 0) is 76.0 Å². The van der Waals surface area contributed by atoms with Crippen molar-refractivity contribution in [3.8, 4) is 0 Å². The molecule has 0 aromatic carbocycles. The number of carbonyl (C=O) groups is 2. The van der Waals surface area contributed by atoms with Crippen LogP contribution in [0.1, 0.15) is 64.2 Å². The number of primary amides is 1. The monoisotopic (exact) mass is 466 g/mol. The number of likely N-dealkylation sites (tertiary alicyclic amines) is 1. The summed E-state index contributed by atoms with van der Waals surface area (Å²) in [5.41, 5.74) is 11.4. The van der Waals surface area contributed by atoms with Gasteiger partial charge in [0.25, 0.3) is 0 Å². The van der Waals surface area contributed by atoms with E-state index in [0.29, 0.717) is 24.4 Å². The summed E-state index contributed by atoms with van der Waals surface area (Å²) >= 11 is 6.14. The molecule has 180 valence electrons. The second-order valence-corrected chi connectivity index (χ2v) is 11.0. The number of nitrogens with zero attached hydrogens (tertiary/aromatic N) is 1. The number of hydrogen-bond acceptors (Lipinski definition) is 5. The third-order valence-electron chi connectivity index (χ3n) is 8.47. The second-order valence-electron chi connectivity index (χ2n) is 10.5. The van der Waals surface area contributed by atoms with Gasteiger partial charge >= 0.3 is 0 Å². The summed E-state index contributed by atoms with van der Waals surface area (Å²) < 4.78 is 0. The summed E-state index contributed by atoms with van der Waals surface area (Å²) in [5.74, 6) is 1.31. The molecule has 4 rings (SSSR count). The number of nitrogens with one attached hydrogen (secondary N) is 3. The predicted molar refractivity (Wildman–Crippen MR) is 125 cm³/mol. The van der Waals surface area contributed by atoms with Gasteiger partial charge in [-0.25, -0.2) is 0 Å². The van der Waals surface area contributed by atoms with Gasteiger partial charge in [-0.15, -0.1) is 11.6 Å². The summed E-state index contributed by atoms with van der Waals surface area (Å²) in [6.45, 7) is 1.59. The minimum Gasteiger partial charge on any atom is -0.387 e. The number of fused-ring (bicyclic) bond motifs is 1. The lowest BCUT2D eigenvalue weighted by Crippen LogP contribution is -2.54. The van der Waals surface area contributed by atoms with Crippen LogP contribution in [-0.2, 0) is 9.59 Å². The van der Waals surface area contributed by atoms with Crippen LogP contribution in [-0.4, -0.2) is 59.3 Å². The van der Waals surface area contributed by atoms with Gasteiger partial charge in [0.05, 0.1) is 17.4 Å². The van der Waals surface area contributed by atoms with E-state index in [0.717, 1.165) is 70.8 Å². The maximum absolute atomic E-state index is 13.4. The molecule has 2 saturated carbocycles. The molecule has 6 atom stereocenters. The topological polar surface area (TPSA) is 137 Å². The van der Waals surface area contributed by atoms with Gasteiger partial charge in [0.1, 0.15) is 0 Å². The number of rotatable bonds is 6. The molecule has 4 fully saturated rings. The molecule has 9 heteroatoms. The summed E-state index contributed by atoms with van der Waals surface area (Å²) in [6.07, 6.45) is 9.16. The number of hydrogen-bond donors (Lipinski definition) is 5. The number of piperidine rings is 1. The van der Waals surface area contributed by atoms with Gasteiger partial charge in [0.2, 0.25) is 11.8 Å². The average Bonchev–Trinajstić information content (AvgIpc) is 3.13. The van der Waals surface area contributed by atoms with E-state index >= 15 is 0 Å². The van der Waals surface area contributed by atoms with Crippen LogP contribution in [0.5, 0.6) is 0 Å². The molecule has 7 N–H and O–H groups in total. The van der Waals surface area contributed by atoms with Crippen molar-refractivity contribution in [3.05, 3.63) is 0 Å². The van der Waals surface area contributed by atoms with E-state index < -0.39 is 0 Å². The Bertz CT molecular complexity index is 705. The van der Waals surface area contributed by atoms with Crippen molar-refractivity contribution in [1.29, 1.82) is 5.41 Å². The van der Waals surface area contributed by atoms with Crippen LogP contribution < -0.4 is 22.1 Å². The molecular weight excluding hydrogens is 428 g/mol. The van der Waals surface area contributed by atoms with E-state index in [2.05, 4.69) is 15.5 Å². The van der Waals surface area contributed by atoms with Crippen LogP contribution in [0.4, 0.5) is 0 Å². The fraction of sp³-hybridized carbons (Fsp3) is 0.870. The second kappa shape index (κ2) is 10.3. The Labute approximate surface area is 196 Å². The molecule has 6 unspecified atom stereocenters. The Balaban J connectivity index is 1.43. The standard InChI is InChI=1S/C23H39ClN6O2/c24-20-8-7-17(11-28-20)29-23(32)19-9-15-5-6-16(21(25)26)10-18(15)30(19)12-13-1-3-14(4-2-13)22(27)31/h13-20,28H,1-12H2,(H3,25,26)(H2,27,31)(H,29,32). The van der Waals surface area contributed by atoms with Crippen molar-refractivity contribution in [3.63, 3.8) is 0 Å². The SMILES string of the molecule is N=C(N)C1CCC2CC(C(=O)NC3CCC(Cl)NC3)N(CC3CCC(C(N)=O)CC3)C2C1. The first-order valence-electron chi connectivity index (χ1n) is 12.4. The summed E-state index contributed by atoms with van der Waals surface area (Å²) in [4.78, 5) is 27.4. The molecule has 2 amide bonds. The first-order valence-corrected chi connectivity index (χ1v) is 12.8. The zero-order valence-electron chi connectivity index (χ0n) is 18.9. The fourth-order valence-corrected chi connectivity index (χ4v) is 6.73. The molecule has 2 aliphatic heterocycles. The van der Waals surface area contributed by atoms with Crippen LogP contribution in [0.15, 0.2) is 0 Å². The quantitative estimate of drug-likeness (QED) is 0.175. The molecule has 0 radical (unpaired) electrons. The van der Waals surface area contributed by atoms with Crippen LogP contribution in [0, 0.1) is 29.1 Å². The maximum atomic E-state index is 13.4. The molecule has 32 heavy (non-hydrogen) atoms. The molecule has 2 saturated heterocycles. The molecule has 2 heterocycles. The molecule has 0 aromatic rings. The smallest absolute Gasteiger partial charge is 0.237 e. The van der Waals surface area contributed by atoms with Crippen LogP contribution in [0.25, 0.3) is 0 Å². The van der Waals surface area contributed by atoms with Crippen molar-refractivity contribution in [2.45, 2.75) is 87.8 Å². The molecular formula is C23H39ClN6O2. The highest BCUT2D eigenvalue weighted by molar-refractivity contribution is 6.20. The average molecular weight is 467 g/mol. The van der Waals surface area contributed by atoms with E-state index in [-0.39, 0.29) is 47.1 Å². The number of nitrogens with two attached hydrogens (primary N) is 2. The third-order valence-corrected chi connectivity index (χ3v) is 8.84. The van der Waals surface area contributed by atoms with Crippen molar-refractivity contribution < 1.29 is 9.59 Å². The van der Waals surface area contributed by atoms with E-state index in [4.69, 9.17) is 28.5 Å². The highest BCUT2D eigenvalue weighted by Gasteiger charge is 2.48. The molecule has 8 nitrogen and oxygen atoms in total. The largest absolute Gasteiger partial charge is 0.387 e. The number of alkyl halides is 1. The molecule has 0 aromatic heterocycles. The lowest BCUT2D eigenvalue weighted by atomic mass is 9.77. The first-order chi connectivity index (χ1) is 15.3. The van der Waals surface area contributed by atoms with Gasteiger partial charge in [0.15, 0.2) is 0 Å². The zero-order valence-corrected chi connectivity index (χ0v) is 19.7. The Morgan fingerprint density at radius 2 is 1.72 bits per heavy atom. The third kappa shape index (κ3) is 5.39. The lowest BCUT2D eigenvalue weighted by molar-refractivity contribution is -0.127. The Morgan fingerprint density at radius 3 is 2.34 bits per heavy atom. The lowest BCUT2D eigenvalue weighted by Gasteiger charge is -2.40. The number of carbonyl (C=O) groups excluding carboxylic acids is 2. The predicted octanol–water partition coefficient (Wildman–Crippen LogP) is 1.51. The van der Waals surface area contributed by atoms with Gasteiger partial charge in [-0.3, -0.25) is 25.2 Å². The van der Waals surface area contributed by atoms with Gasteiger partial charge < -0.3 is 16.8 Å². The van der Waals surface area contributed by atoms with Gasteiger partial charge in [-0.2, -0.15) is 0 Å². The molecule has 0 spiro atoms. The molecule has 4 aliphatic rings. The van der Waals surface area contributed by atoms with Crippen LogP contribution in [0.3, 0.4) is 0 Å². The van der Waals surface area contributed by atoms with Crippen molar-refractivity contribution >= 4 is 29.3 Å². The number of amidine groups is 1. The normalized spacial score (nSPS) is 40.4. The summed E-state index contributed by atoms with van der Waals surface area (Å²) in [5, 5.41) is 14.5. The highest BCUT2D eigenvalue weighted by Crippen LogP contribution is 2.43. The number of amides is 2. The minimum absolute atomic E-state index is 0.00185. The highest BCUT2D eigenvalue weighted by atomic mass is 35.5. The van der Waals surface area contributed by atoms with Crippen molar-refractivity contribution in [2.24, 2.45) is 35.1 Å². The van der Waals surface area contributed by atoms with E-state index in [9.17, 15) is 9.59 Å². The van der Waals surface area contributed by atoms with Gasteiger partial charge in [-0.1, -0.05) is 0 Å².